The van der Waals surface area contributed by atoms with Gasteiger partial charge in [-0.15, -0.1) is 0 Å². The lowest BCUT2D eigenvalue weighted by Gasteiger charge is -2.08. The van der Waals surface area contributed by atoms with E-state index in [0.29, 0.717) is 10.9 Å². The van der Waals surface area contributed by atoms with Crippen molar-refractivity contribution in [1.29, 1.82) is 0 Å². The summed E-state index contributed by atoms with van der Waals surface area (Å²) >= 11 is 1.55. The molecule has 3 rings (SSSR count). The van der Waals surface area contributed by atoms with Crippen LogP contribution in [0.25, 0.3) is 10.9 Å². The number of pyridine rings is 1. The Labute approximate surface area is 147 Å². The molecule has 126 valence electrons. The number of hydrogen-bond acceptors (Lipinski definition) is 5. The number of carbonyl (C=O) groups excluding carboxylic acids is 1. The monoisotopic (exact) mass is 354 g/mol. The van der Waals surface area contributed by atoms with Crippen LogP contribution in [0.1, 0.15) is 10.5 Å². The molecular weight excluding hydrogens is 340 g/mol. The molecule has 2 aromatic carbocycles. The highest BCUT2D eigenvalue weighted by Gasteiger charge is 2.15. The minimum Gasteiger partial charge on any atom is -0.505 e. The Balaban J connectivity index is 1.91. The fourth-order valence-electron chi connectivity index (χ4n) is 2.23. The molecule has 0 saturated heterocycles. The van der Waals surface area contributed by atoms with Gasteiger partial charge >= 0.3 is 5.97 Å². The average Bonchev–Trinajstić information content (AvgIpc) is 2.60. The molecule has 0 saturated carbocycles. The SMILES string of the molecule is O=C(O)CNC(=O)c1nc2cc(Sc3ccccc3)ccc2cc1O. The maximum absolute atomic E-state index is 12.0. The number of benzene rings is 2. The van der Waals surface area contributed by atoms with Crippen molar-refractivity contribution in [2.75, 3.05) is 6.54 Å². The van der Waals surface area contributed by atoms with Gasteiger partial charge < -0.3 is 15.5 Å². The lowest BCUT2D eigenvalue weighted by molar-refractivity contribution is -0.135. The summed E-state index contributed by atoms with van der Waals surface area (Å²) in [6.07, 6.45) is 0. The van der Waals surface area contributed by atoms with Crippen molar-refractivity contribution in [1.82, 2.24) is 10.3 Å². The smallest absolute Gasteiger partial charge is 0.322 e. The number of nitrogens with zero attached hydrogens (tertiary/aromatic N) is 1. The third-order valence-electron chi connectivity index (χ3n) is 3.36. The van der Waals surface area contributed by atoms with Crippen molar-refractivity contribution in [3.63, 3.8) is 0 Å². The summed E-state index contributed by atoms with van der Waals surface area (Å²) in [5.74, 6) is -2.20. The highest BCUT2D eigenvalue weighted by Crippen LogP contribution is 2.31. The number of carbonyl (C=O) groups is 2. The van der Waals surface area contributed by atoms with Crippen LogP contribution in [-0.4, -0.2) is 33.6 Å². The molecule has 0 spiro atoms. The van der Waals surface area contributed by atoms with Crippen LogP contribution in [0, 0.1) is 0 Å². The van der Waals surface area contributed by atoms with Crippen LogP contribution in [0.15, 0.2) is 64.4 Å². The van der Waals surface area contributed by atoms with Gasteiger partial charge in [-0.3, -0.25) is 9.59 Å². The van der Waals surface area contributed by atoms with Crippen LogP contribution in [-0.2, 0) is 4.79 Å². The van der Waals surface area contributed by atoms with Crippen molar-refractivity contribution >= 4 is 34.5 Å². The van der Waals surface area contributed by atoms with E-state index < -0.39 is 18.4 Å². The molecule has 7 heteroatoms. The van der Waals surface area contributed by atoms with Gasteiger partial charge in [0.05, 0.1) is 5.52 Å². The summed E-state index contributed by atoms with van der Waals surface area (Å²) < 4.78 is 0. The molecule has 0 radical (unpaired) electrons. The first kappa shape index (κ1) is 16.8. The van der Waals surface area contributed by atoms with Crippen molar-refractivity contribution in [3.8, 4) is 5.75 Å². The van der Waals surface area contributed by atoms with E-state index in [1.165, 1.54) is 6.07 Å². The molecule has 25 heavy (non-hydrogen) atoms. The molecule has 0 aliphatic heterocycles. The zero-order valence-corrected chi connectivity index (χ0v) is 13.8. The van der Waals surface area contributed by atoms with Gasteiger partial charge in [-0.2, -0.15) is 0 Å². The average molecular weight is 354 g/mol. The Kier molecular flexibility index (Phi) is 4.85. The summed E-state index contributed by atoms with van der Waals surface area (Å²) in [4.78, 5) is 28.7. The Morgan fingerprint density at radius 1 is 1.04 bits per heavy atom. The number of rotatable bonds is 5. The van der Waals surface area contributed by atoms with Crippen molar-refractivity contribution in [3.05, 3.63) is 60.3 Å². The summed E-state index contributed by atoms with van der Waals surface area (Å²) in [5, 5.41) is 21.5. The van der Waals surface area contributed by atoms with Gasteiger partial charge in [0.1, 0.15) is 12.3 Å². The molecule has 1 aromatic heterocycles. The molecule has 1 heterocycles. The van der Waals surface area contributed by atoms with Gasteiger partial charge in [-0.1, -0.05) is 36.0 Å². The first-order valence-corrected chi connectivity index (χ1v) is 8.21. The first-order chi connectivity index (χ1) is 12.0. The normalized spacial score (nSPS) is 10.6. The summed E-state index contributed by atoms with van der Waals surface area (Å²) in [7, 11) is 0. The number of aliphatic carboxylic acids is 1. The van der Waals surface area contributed by atoms with Gasteiger partial charge in [-0.25, -0.2) is 4.98 Å². The van der Waals surface area contributed by atoms with Crippen LogP contribution < -0.4 is 5.32 Å². The van der Waals surface area contributed by atoms with Crippen LogP contribution in [0.2, 0.25) is 0 Å². The molecule has 3 aromatic rings. The van der Waals surface area contributed by atoms with E-state index in [4.69, 9.17) is 5.11 Å². The van der Waals surface area contributed by atoms with E-state index in [0.717, 1.165) is 9.79 Å². The summed E-state index contributed by atoms with van der Waals surface area (Å²) in [5.41, 5.74) is 0.342. The lowest BCUT2D eigenvalue weighted by Crippen LogP contribution is -2.29. The number of carboxylic acids is 1. The number of fused-ring (bicyclic) bond motifs is 1. The van der Waals surface area contributed by atoms with E-state index in [-0.39, 0.29) is 11.4 Å². The number of hydrogen-bond donors (Lipinski definition) is 3. The zero-order valence-electron chi connectivity index (χ0n) is 13.0. The van der Waals surface area contributed by atoms with Crippen molar-refractivity contribution in [2.24, 2.45) is 0 Å². The first-order valence-electron chi connectivity index (χ1n) is 7.39. The topological polar surface area (TPSA) is 99.5 Å². The van der Waals surface area contributed by atoms with Gasteiger partial charge in [0.15, 0.2) is 5.69 Å². The predicted octanol–water partition coefficient (Wildman–Crippen LogP) is 2.91. The highest BCUT2D eigenvalue weighted by atomic mass is 32.2. The second-order valence-corrected chi connectivity index (χ2v) is 6.35. The van der Waals surface area contributed by atoms with E-state index in [1.807, 2.05) is 48.5 Å². The molecular formula is C18H14N2O4S. The molecule has 0 atom stereocenters. The maximum atomic E-state index is 12.0. The van der Waals surface area contributed by atoms with Crippen molar-refractivity contribution in [2.45, 2.75) is 9.79 Å². The van der Waals surface area contributed by atoms with E-state index in [9.17, 15) is 14.7 Å². The lowest BCUT2D eigenvalue weighted by atomic mass is 10.2. The highest BCUT2D eigenvalue weighted by molar-refractivity contribution is 7.99. The third-order valence-corrected chi connectivity index (χ3v) is 4.36. The summed E-state index contributed by atoms with van der Waals surface area (Å²) in [6, 6.07) is 16.8. The molecule has 1 amide bonds. The Hall–Kier alpha value is -3.06. The molecule has 0 fully saturated rings. The minimum absolute atomic E-state index is 0.199. The second-order valence-electron chi connectivity index (χ2n) is 5.20. The minimum atomic E-state index is -1.17. The Morgan fingerprint density at radius 3 is 2.52 bits per heavy atom. The summed E-state index contributed by atoms with van der Waals surface area (Å²) in [6.45, 7) is -0.540. The quantitative estimate of drug-likeness (QED) is 0.651. The van der Waals surface area contributed by atoms with Crippen LogP contribution in [0.4, 0.5) is 0 Å². The number of aromatic hydroxyl groups is 1. The molecule has 0 bridgehead atoms. The fourth-order valence-corrected chi connectivity index (χ4v) is 3.10. The molecule has 0 aliphatic carbocycles. The van der Waals surface area contributed by atoms with Gasteiger partial charge in [0, 0.05) is 15.2 Å². The number of amides is 1. The van der Waals surface area contributed by atoms with E-state index in [2.05, 4.69) is 10.3 Å². The molecule has 3 N–H and O–H groups in total. The molecule has 0 unspecified atom stereocenters. The Morgan fingerprint density at radius 2 is 1.80 bits per heavy atom. The molecule has 6 nitrogen and oxygen atoms in total. The van der Waals surface area contributed by atoms with Gasteiger partial charge in [0.2, 0.25) is 0 Å². The number of aromatic nitrogens is 1. The van der Waals surface area contributed by atoms with Crippen molar-refractivity contribution < 1.29 is 19.8 Å². The van der Waals surface area contributed by atoms with Crippen LogP contribution in [0.3, 0.4) is 0 Å². The van der Waals surface area contributed by atoms with Gasteiger partial charge in [-0.05, 0) is 30.3 Å². The number of nitrogens with one attached hydrogen (secondary N) is 1. The van der Waals surface area contributed by atoms with Crippen LogP contribution in [0.5, 0.6) is 5.75 Å². The van der Waals surface area contributed by atoms with E-state index in [1.54, 1.807) is 11.8 Å². The fraction of sp³-hybridized carbons (Fsp3) is 0.0556. The third kappa shape index (κ3) is 4.07. The molecule has 0 aliphatic rings. The predicted molar refractivity (Wildman–Crippen MR) is 93.9 cm³/mol. The van der Waals surface area contributed by atoms with Gasteiger partial charge in [0.25, 0.3) is 5.91 Å². The standard InChI is InChI=1S/C18H14N2O4S/c21-15-8-11-6-7-13(25-12-4-2-1-3-5-12)9-14(11)20-17(15)18(24)19-10-16(22)23/h1-9,21H,10H2,(H,19,24)(H,22,23). The maximum Gasteiger partial charge on any atom is 0.322 e. The second kappa shape index (κ2) is 7.23. The Bertz CT molecular complexity index is 944. The number of carboxylic acid groups (broad SMARTS) is 1. The van der Waals surface area contributed by atoms with E-state index >= 15 is 0 Å². The van der Waals surface area contributed by atoms with Crippen LogP contribution >= 0.6 is 11.8 Å². The zero-order chi connectivity index (χ0) is 17.8. The largest absolute Gasteiger partial charge is 0.505 e.